The second kappa shape index (κ2) is 7.22. The first-order valence-electron chi connectivity index (χ1n) is 7.56. The maximum Gasteiger partial charge on any atom is 0.326 e. The van der Waals surface area contributed by atoms with E-state index in [1.807, 2.05) is 32.0 Å². The zero-order chi connectivity index (χ0) is 15.2. The number of carbonyl (C=O) groups excluding carboxylic acids is 2. The van der Waals surface area contributed by atoms with Gasteiger partial charge < -0.3 is 10.2 Å². The van der Waals surface area contributed by atoms with Gasteiger partial charge in [-0.1, -0.05) is 17.7 Å². The zero-order valence-electron chi connectivity index (χ0n) is 12.8. The van der Waals surface area contributed by atoms with E-state index in [1.165, 1.54) is 11.3 Å². The van der Waals surface area contributed by atoms with Crippen LogP contribution in [-0.2, 0) is 4.79 Å². The van der Waals surface area contributed by atoms with Crippen molar-refractivity contribution in [3.05, 3.63) is 29.3 Å². The number of carbonyl (C=O) groups is 2. The molecule has 1 fully saturated rings. The van der Waals surface area contributed by atoms with Gasteiger partial charge in [0.15, 0.2) is 6.54 Å². The molecule has 0 radical (unpaired) electrons. The molecule has 0 unspecified atom stereocenters. The molecule has 1 aliphatic heterocycles. The Labute approximate surface area is 125 Å². The van der Waals surface area contributed by atoms with Crippen molar-refractivity contribution < 1.29 is 14.5 Å². The lowest BCUT2D eigenvalue weighted by molar-refractivity contribution is -0.896. The summed E-state index contributed by atoms with van der Waals surface area (Å²) in [6.45, 7) is 6.35. The molecular weight excluding hydrogens is 266 g/mol. The third-order valence-corrected chi connectivity index (χ3v) is 3.85. The smallest absolute Gasteiger partial charge is 0.326 e. The van der Waals surface area contributed by atoms with Gasteiger partial charge in [-0.05, 0) is 44.7 Å². The van der Waals surface area contributed by atoms with E-state index in [0.717, 1.165) is 42.7 Å². The molecule has 1 aliphatic rings. The van der Waals surface area contributed by atoms with Crippen molar-refractivity contribution in [2.45, 2.75) is 33.1 Å². The van der Waals surface area contributed by atoms with Gasteiger partial charge in [-0.2, -0.15) is 0 Å². The number of nitrogens with one attached hydrogen (secondary N) is 3. The SMILES string of the molecule is Cc1ccc(NC(=O)NC(=O)C[NH+]2CCCCC2)c(C)c1. The second-order valence-corrected chi connectivity index (χ2v) is 5.81. The van der Waals surface area contributed by atoms with Gasteiger partial charge in [-0.3, -0.25) is 10.1 Å². The first kappa shape index (κ1) is 15.5. The summed E-state index contributed by atoms with van der Waals surface area (Å²) < 4.78 is 0. The van der Waals surface area contributed by atoms with Crippen LogP contribution >= 0.6 is 0 Å². The highest BCUT2D eigenvalue weighted by Gasteiger charge is 2.18. The quantitative estimate of drug-likeness (QED) is 0.778. The van der Waals surface area contributed by atoms with Crippen LogP contribution in [0, 0.1) is 13.8 Å². The normalized spacial score (nSPS) is 15.5. The Balaban J connectivity index is 1.81. The molecule has 1 aromatic carbocycles. The van der Waals surface area contributed by atoms with E-state index in [0.29, 0.717) is 6.54 Å². The summed E-state index contributed by atoms with van der Waals surface area (Å²) in [6, 6.07) is 5.32. The number of anilines is 1. The molecule has 5 heteroatoms. The highest BCUT2D eigenvalue weighted by Crippen LogP contribution is 2.15. The lowest BCUT2D eigenvalue weighted by Gasteiger charge is -2.22. The van der Waals surface area contributed by atoms with E-state index >= 15 is 0 Å². The first-order chi connectivity index (χ1) is 10.0. The number of amides is 3. The number of hydrogen-bond acceptors (Lipinski definition) is 2. The van der Waals surface area contributed by atoms with Crippen LogP contribution in [0.2, 0.25) is 0 Å². The van der Waals surface area contributed by atoms with Gasteiger partial charge in [0, 0.05) is 5.69 Å². The zero-order valence-corrected chi connectivity index (χ0v) is 12.8. The topological polar surface area (TPSA) is 62.6 Å². The predicted molar refractivity (Wildman–Crippen MR) is 82.5 cm³/mol. The largest absolute Gasteiger partial charge is 0.327 e. The van der Waals surface area contributed by atoms with Gasteiger partial charge in [0.1, 0.15) is 0 Å². The molecule has 1 aromatic rings. The molecule has 2 rings (SSSR count). The molecule has 1 saturated heterocycles. The van der Waals surface area contributed by atoms with Gasteiger partial charge in [0.05, 0.1) is 13.1 Å². The van der Waals surface area contributed by atoms with Crippen LogP contribution in [0.4, 0.5) is 10.5 Å². The predicted octanol–water partition coefficient (Wildman–Crippen LogP) is 1.02. The Hall–Kier alpha value is -1.88. The Kier molecular flexibility index (Phi) is 5.33. The molecule has 0 saturated carbocycles. The lowest BCUT2D eigenvalue weighted by atomic mass is 10.1. The monoisotopic (exact) mass is 290 g/mol. The van der Waals surface area contributed by atoms with Crippen LogP contribution in [0.5, 0.6) is 0 Å². The molecule has 0 spiro atoms. The summed E-state index contributed by atoms with van der Waals surface area (Å²) in [5.41, 5.74) is 2.86. The van der Waals surface area contributed by atoms with Crippen LogP contribution in [0.3, 0.4) is 0 Å². The van der Waals surface area contributed by atoms with Crippen LogP contribution in [-0.4, -0.2) is 31.6 Å². The minimum absolute atomic E-state index is 0.214. The summed E-state index contributed by atoms with van der Waals surface area (Å²) in [4.78, 5) is 25.0. The van der Waals surface area contributed by atoms with E-state index in [2.05, 4.69) is 10.6 Å². The molecule has 0 bridgehead atoms. The van der Waals surface area contributed by atoms with Crippen molar-refractivity contribution in [3.8, 4) is 0 Å². The molecule has 0 atom stereocenters. The summed E-state index contributed by atoms with van der Waals surface area (Å²) in [6.07, 6.45) is 3.58. The number of quaternary nitrogens is 1. The number of imide groups is 1. The van der Waals surface area contributed by atoms with Gasteiger partial charge in [-0.15, -0.1) is 0 Å². The third kappa shape index (κ3) is 4.86. The van der Waals surface area contributed by atoms with E-state index in [4.69, 9.17) is 0 Å². The highest BCUT2D eigenvalue weighted by molar-refractivity contribution is 6.01. The molecular formula is C16H24N3O2+. The number of aryl methyl sites for hydroxylation is 2. The fraction of sp³-hybridized carbons (Fsp3) is 0.500. The van der Waals surface area contributed by atoms with Gasteiger partial charge >= 0.3 is 6.03 Å². The number of urea groups is 1. The van der Waals surface area contributed by atoms with E-state index < -0.39 is 6.03 Å². The maximum atomic E-state index is 11.9. The standard InChI is InChI=1S/C16H23N3O2/c1-12-6-7-14(13(2)10-12)17-16(21)18-15(20)11-19-8-4-3-5-9-19/h6-7,10H,3-5,8-9,11H2,1-2H3,(H2,17,18,20,21)/p+1. The Morgan fingerprint density at radius 2 is 1.86 bits per heavy atom. The van der Waals surface area contributed by atoms with Crippen molar-refractivity contribution in [1.82, 2.24) is 5.32 Å². The molecule has 0 aromatic heterocycles. The maximum absolute atomic E-state index is 11.9. The second-order valence-electron chi connectivity index (χ2n) is 5.81. The fourth-order valence-corrected chi connectivity index (χ4v) is 2.73. The molecule has 114 valence electrons. The van der Waals surface area contributed by atoms with Crippen molar-refractivity contribution >= 4 is 17.6 Å². The summed E-state index contributed by atoms with van der Waals surface area (Å²) in [5, 5.41) is 5.13. The molecule has 0 aliphatic carbocycles. The molecule has 5 nitrogen and oxygen atoms in total. The van der Waals surface area contributed by atoms with Crippen molar-refractivity contribution in [3.63, 3.8) is 0 Å². The molecule has 1 heterocycles. The number of benzene rings is 1. The van der Waals surface area contributed by atoms with Crippen LogP contribution in [0.25, 0.3) is 0 Å². The summed E-state index contributed by atoms with van der Waals surface area (Å²) in [5.74, 6) is -0.214. The van der Waals surface area contributed by atoms with E-state index in [1.54, 1.807) is 0 Å². The third-order valence-electron chi connectivity index (χ3n) is 3.85. The Bertz CT molecular complexity index is 522. The van der Waals surface area contributed by atoms with Crippen molar-refractivity contribution in [2.75, 3.05) is 25.0 Å². The van der Waals surface area contributed by atoms with Crippen molar-refractivity contribution in [1.29, 1.82) is 0 Å². The molecule has 21 heavy (non-hydrogen) atoms. The minimum atomic E-state index is -0.455. The van der Waals surface area contributed by atoms with E-state index in [9.17, 15) is 9.59 Å². The average Bonchev–Trinajstić information content (AvgIpc) is 2.43. The fourth-order valence-electron chi connectivity index (χ4n) is 2.73. The average molecular weight is 290 g/mol. The first-order valence-corrected chi connectivity index (χ1v) is 7.56. The Morgan fingerprint density at radius 3 is 2.52 bits per heavy atom. The van der Waals surface area contributed by atoms with Gasteiger partial charge in [0.2, 0.25) is 0 Å². The minimum Gasteiger partial charge on any atom is -0.327 e. The molecule has 3 amide bonds. The number of rotatable bonds is 3. The van der Waals surface area contributed by atoms with E-state index in [-0.39, 0.29) is 5.91 Å². The number of likely N-dealkylation sites (tertiary alicyclic amines) is 1. The summed E-state index contributed by atoms with van der Waals surface area (Å²) >= 11 is 0. The summed E-state index contributed by atoms with van der Waals surface area (Å²) in [7, 11) is 0. The lowest BCUT2D eigenvalue weighted by Crippen LogP contribution is -3.14. The van der Waals surface area contributed by atoms with Crippen LogP contribution in [0.1, 0.15) is 30.4 Å². The number of hydrogen-bond donors (Lipinski definition) is 3. The molecule has 3 N–H and O–H groups in total. The highest BCUT2D eigenvalue weighted by atomic mass is 16.2. The van der Waals surface area contributed by atoms with Gasteiger partial charge in [-0.25, -0.2) is 4.79 Å². The van der Waals surface area contributed by atoms with Crippen LogP contribution in [0.15, 0.2) is 18.2 Å². The van der Waals surface area contributed by atoms with Crippen molar-refractivity contribution in [2.24, 2.45) is 0 Å². The Morgan fingerprint density at radius 1 is 1.14 bits per heavy atom. The van der Waals surface area contributed by atoms with Crippen LogP contribution < -0.4 is 15.5 Å². The number of piperidine rings is 1. The van der Waals surface area contributed by atoms with Gasteiger partial charge in [0.25, 0.3) is 5.91 Å².